The van der Waals surface area contributed by atoms with Crippen molar-refractivity contribution in [3.05, 3.63) is 23.9 Å². The minimum atomic E-state index is 0.258. The molecule has 0 aromatic carbocycles. The Labute approximate surface area is 150 Å². The monoisotopic (exact) mass is 343 g/mol. The number of rotatable bonds is 5. The highest BCUT2D eigenvalue weighted by atomic mass is 16.2. The van der Waals surface area contributed by atoms with Crippen molar-refractivity contribution in [2.24, 2.45) is 5.92 Å². The smallest absolute Gasteiger partial charge is 0.142 e. The third kappa shape index (κ3) is 4.49. The summed E-state index contributed by atoms with van der Waals surface area (Å²) in [6, 6.07) is 8.39. The van der Waals surface area contributed by atoms with Crippen LogP contribution in [0.2, 0.25) is 0 Å². The molecule has 0 spiro atoms. The van der Waals surface area contributed by atoms with E-state index in [9.17, 15) is 5.11 Å². The number of pyridine rings is 1. The highest BCUT2D eigenvalue weighted by molar-refractivity contribution is 5.42. The van der Waals surface area contributed by atoms with E-state index in [0.29, 0.717) is 17.7 Å². The van der Waals surface area contributed by atoms with E-state index in [1.54, 1.807) is 6.07 Å². The zero-order valence-electron chi connectivity index (χ0n) is 15.1. The largest absolute Gasteiger partial charge is 0.396 e. The van der Waals surface area contributed by atoms with Gasteiger partial charge in [0.15, 0.2) is 0 Å². The predicted molar refractivity (Wildman–Crippen MR) is 98.4 cm³/mol. The molecule has 0 unspecified atom stereocenters. The first-order valence-electron chi connectivity index (χ1n) is 9.37. The summed E-state index contributed by atoms with van der Waals surface area (Å²) >= 11 is 0. The Balaban J connectivity index is 1.70. The fourth-order valence-corrected chi connectivity index (χ4v) is 4.16. The summed E-state index contributed by atoms with van der Waals surface area (Å²) in [5.74, 6) is 1.45. The van der Waals surface area contributed by atoms with Gasteiger partial charge in [-0.25, -0.2) is 4.98 Å². The van der Waals surface area contributed by atoms with Crippen LogP contribution in [0.15, 0.2) is 18.2 Å². The number of aliphatic hydroxyl groups is 1. The number of hydrogen-bond donors (Lipinski definition) is 1. The third-order valence-corrected chi connectivity index (χ3v) is 5.61. The Morgan fingerprint density at radius 3 is 2.76 bits per heavy atom. The number of aromatic nitrogens is 1. The minimum Gasteiger partial charge on any atom is -0.396 e. The number of likely N-dealkylation sites (N-methyl/N-ethyl adjacent to an activating group) is 1. The Morgan fingerprint density at radius 2 is 2.04 bits per heavy atom. The fourth-order valence-electron chi connectivity index (χ4n) is 4.16. The average Bonchev–Trinajstić information content (AvgIpc) is 2.67. The van der Waals surface area contributed by atoms with E-state index in [-0.39, 0.29) is 6.61 Å². The van der Waals surface area contributed by atoms with Crippen molar-refractivity contribution < 1.29 is 5.11 Å². The molecule has 2 saturated heterocycles. The molecule has 2 fully saturated rings. The number of nitrogens with zero attached hydrogens (tertiary/aromatic N) is 5. The lowest BCUT2D eigenvalue weighted by molar-refractivity contribution is 0.0637. The van der Waals surface area contributed by atoms with Gasteiger partial charge in [0.1, 0.15) is 17.6 Å². The summed E-state index contributed by atoms with van der Waals surface area (Å²) in [7, 11) is 2.19. The predicted octanol–water partition coefficient (Wildman–Crippen LogP) is 1.17. The molecule has 1 aromatic rings. The van der Waals surface area contributed by atoms with Crippen LogP contribution in [0.4, 0.5) is 5.82 Å². The van der Waals surface area contributed by atoms with Crippen LogP contribution in [0.3, 0.4) is 0 Å². The number of anilines is 1. The van der Waals surface area contributed by atoms with Gasteiger partial charge in [0.2, 0.25) is 0 Å². The summed E-state index contributed by atoms with van der Waals surface area (Å²) in [5.41, 5.74) is 0.477. The van der Waals surface area contributed by atoms with Crippen LogP contribution in [-0.4, -0.2) is 78.9 Å². The lowest BCUT2D eigenvalue weighted by atomic mass is 9.86. The molecule has 3 rings (SSSR count). The molecular weight excluding hydrogens is 314 g/mol. The minimum absolute atomic E-state index is 0.258. The third-order valence-electron chi connectivity index (χ3n) is 5.61. The summed E-state index contributed by atoms with van der Waals surface area (Å²) < 4.78 is 0. The SMILES string of the molecule is CN1CCN([C@H]2CCN(c3cccc(C#N)n3)C[C@H]2CCCO)CC1. The molecule has 0 aliphatic carbocycles. The molecule has 2 aliphatic heterocycles. The van der Waals surface area contributed by atoms with Gasteiger partial charge in [0, 0.05) is 51.9 Å². The molecule has 0 radical (unpaired) electrons. The Hall–Kier alpha value is -1.68. The van der Waals surface area contributed by atoms with Gasteiger partial charge < -0.3 is 14.9 Å². The van der Waals surface area contributed by atoms with Crippen molar-refractivity contribution in [3.63, 3.8) is 0 Å². The molecule has 25 heavy (non-hydrogen) atoms. The van der Waals surface area contributed by atoms with Crippen molar-refractivity contribution >= 4 is 5.82 Å². The summed E-state index contributed by atoms with van der Waals surface area (Å²) in [4.78, 5) is 11.8. The van der Waals surface area contributed by atoms with Crippen LogP contribution in [0.5, 0.6) is 0 Å². The number of aliphatic hydroxyl groups excluding tert-OH is 1. The van der Waals surface area contributed by atoms with Gasteiger partial charge in [-0.05, 0) is 44.4 Å². The molecule has 3 heterocycles. The quantitative estimate of drug-likeness (QED) is 0.866. The topological polar surface area (TPSA) is 66.6 Å². The Kier molecular flexibility index (Phi) is 6.24. The maximum atomic E-state index is 9.30. The van der Waals surface area contributed by atoms with Crippen molar-refractivity contribution in [2.75, 3.05) is 57.8 Å². The molecule has 2 aliphatic rings. The van der Waals surface area contributed by atoms with E-state index >= 15 is 0 Å². The van der Waals surface area contributed by atoms with Crippen LogP contribution < -0.4 is 4.90 Å². The van der Waals surface area contributed by atoms with Crippen LogP contribution in [0, 0.1) is 17.2 Å². The van der Waals surface area contributed by atoms with E-state index in [1.807, 2.05) is 12.1 Å². The van der Waals surface area contributed by atoms with Crippen molar-refractivity contribution in [2.45, 2.75) is 25.3 Å². The standard InChI is InChI=1S/C19H29N5O/c1-22-9-11-23(12-10-22)18-7-8-24(15-16(18)4-3-13-25)19-6-2-5-17(14-20)21-19/h2,5-6,16,18,25H,3-4,7-13,15H2,1H3/t16-,18+/m1/s1. The van der Waals surface area contributed by atoms with Crippen LogP contribution in [0.25, 0.3) is 0 Å². The van der Waals surface area contributed by atoms with Gasteiger partial charge in [0.05, 0.1) is 0 Å². The summed E-state index contributed by atoms with van der Waals surface area (Å²) in [6.45, 7) is 6.75. The second kappa shape index (κ2) is 8.61. The van der Waals surface area contributed by atoms with Gasteiger partial charge in [-0.15, -0.1) is 0 Å². The Morgan fingerprint density at radius 1 is 1.24 bits per heavy atom. The zero-order chi connectivity index (χ0) is 17.6. The zero-order valence-corrected chi connectivity index (χ0v) is 15.1. The molecule has 136 valence electrons. The molecule has 2 atom stereocenters. The van der Waals surface area contributed by atoms with Crippen LogP contribution in [-0.2, 0) is 0 Å². The normalized spacial score (nSPS) is 25.7. The van der Waals surface area contributed by atoms with Crippen molar-refractivity contribution in [1.82, 2.24) is 14.8 Å². The van der Waals surface area contributed by atoms with Gasteiger partial charge >= 0.3 is 0 Å². The molecule has 1 N–H and O–H groups in total. The van der Waals surface area contributed by atoms with E-state index < -0.39 is 0 Å². The lowest BCUT2D eigenvalue weighted by Crippen LogP contribution is -2.56. The second-order valence-electron chi connectivity index (χ2n) is 7.26. The molecule has 0 amide bonds. The van der Waals surface area contributed by atoms with Gasteiger partial charge in [-0.2, -0.15) is 5.26 Å². The van der Waals surface area contributed by atoms with E-state index in [2.05, 4.69) is 32.8 Å². The summed E-state index contributed by atoms with van der Waals surface area (Å²) in [5, 5.41) is 18.4. The molecule has 6 heteroatoms. The van der Waals surface area contributed by atoms with E-state index in [0.717, 1.165) is 64.3 Å². The van der Waals surface area contributed by atoms with E-state index in [1.165, 1.54) is 0 Å². The van der Waals surface area contributed by atoms with Crippen molar-refractivity contribution in [3.8, 4) is 6.07 Å². The molecular formula is C19H29N5O. The van der Waals surface area contributed by atoms with Crippen molar-refractivity contribution in [1.29, 1.82) is 5.26 Å². The maximum absolute atomic E-state index is 9.30. The highest BCUT2D eigenvalue weighted by Gasteiger charge is 2.34. The molecule has 0 bridgehead atoms. The molecule has 0 saturated carbocycles. The Bertz CT molecular complexity index is 594. The first-order valence-corrected chi connectivity index (χ1v) is 9.37. The summed E-state index contributed by atoms with van der Waals surface area (Å²) in [6.07, 6.45) is 3.02. The van der Waals surface area contributed by atoms with Gasteiger partial charge in [0.25, 0.3) is 0 Å². The number of piperazine rings is 1. The molecule has 6 nitrogen and oxygen atoms in total. The van der Waals surface area contributed by atoms with E-state index in [4.69, 9.17) is 5.26 Å². The second-order valence-corrected chi connectivity index (χ2v) is 7.26. The first-order chi connectivity index (χ1) is 12.2. The first kappa shape index (κ1) is 18.1. The van der Waals surface area contributed by atoms with Gasteiger partial charge in [-0.3, -0.25) is 4.90 Å². The molecule has 1 aromatic heterocycles. The maximum Gasteiger partial charge on any atom is 0.142 e. The lowest BCUT2D eigenvalue weighted by Gasteiger charge is -2.46. The number of hydrogen-bond acceptors (Lipinski definition) is 6. The fraction of sp³-hybridized carbons (Fsp3) is 0.684. The highest BCUT2D eigenvalue weighted by Crippen LogP contribution is 2.29. The van der Waals surface area contributed by atoms with Gasteiger partial charge in [-0.1, -0.05) is 6.07 Å². The number of piperidine rings is 1. The average molecular weight is 343 g/mol. The van der Waals surface area contributed by atoms with Crippen LogP contribution >= 0.6 is 0 Å². The van der Waals surface area contributed by atoms with Crippen LogP contribution in [0.1, 0.15) is 25.0 Å². The number of nitriles is 1.